The number of ether oxygens (including phenoxy) is 2. The molecule has 29 heavy (non-hydrogen) atoms. The molecule has 1 aromatic heterocycles. The van der Waals surface area contributed by atoms with Crippen molar-refractivity contribution in [3.05, 3.63) is 60.1 Å². The van der Waals surface area contributed by atoms with E-state index in [1.807, 2.05) is 65.0 Å². The van der Waals surface area contributed by atoms with E-state index in [9.17, 15) is 10.0 Å². The molecule has 1 amide bonds. The molecule has 0 aliphatic carbocycles. The van der Waals surface area contributed by atoms with Gasteiger partial charge in [-0.15, -0.1) is 0 Å². The molecule has 2 aromatic rings. The van der Waals surface area contributed by atoms with E-state index in [1.54, 1.807) is 23.3 Å². The van der Waals surface area contributed by atoms with Crippen LogP contribution in [0.5, 0.6) is 0 Å². The van der Waals surface area contributed by atoms with Gasteiger partial charge in [0.05, 0.1) is 18.9 Å². The Morgan fingerprint density at radius 2 is 1.97 bits per heavy atom. The molecule has 1 N–H and O–H groups in total. The second-order valence-corrected chi connectivity index (χ2v) is 8.72. The van der Waals surface area contributed by atoms with Gasteiger partial charge in [-0.1, -0.05) is 30.3 Å². The second-order valence-electron chi connectivity index (χ2n) is 8.72. The van der Waals surface area contributed by atoms with Crippen LogP contribution in [0.4, 0.5) is 4.79 Å². The van der Waals surface area contributed by atoms with Crippen LogP contribution in [0.1, 0.15) is 52.0 Å². The fourth-order valence-corrected chi connectivity index (χ4v) is 3.59. The smallest absolute Gasteiger partial charge is 0.412 e. The zero-order valence-electron chi connectivity index (χ0n) is 17.7. The number of nitrogens with zero attached hydrogens (tertiary/aromatic N) is 2. The first kappa shape index (κ1) is 21.4. The topological polar surface area (TPSA) is 75.4 Å². The quantitative estimate of drug-likeness (QED) is 0.738. The first-order valence-electron chi connectivity index (χ1n) is 9.77. The molecule has 7 heteroatoms. The highest BCUT2D eigenvalue weighted by Crippen LogP contribution is 2.38. The predicted molar refractivity (Wildman–Crippen MR) is 107 cm³/mol. The molecule has 7 nitrogen and oxygen atoms in total. The zero-order chi connectivity index (χ0) is 21.2. The van der Waals surface area contributed by atoms with Crippen molar-refractivity contribution in [1.82, 2.24) is 9.96 Å². The molecule has 1 aliphatic rings. The second kappa shape index (κ2) is 8.18. The largest absolute Gasteiger partial charge is 0.468 e. The molecule has 2 heterocycles. The van der Waals surface area contributed by atoms with Gasteiger partial charge in [0.15, 0.2) is 0 Å². The van der Waals surface area contributed by atoms with Gasteiger partial charge in [-0.25, -0.2) is 4.79 Å². The number of rotatable bonds is 5. The number of carbonyl (C=O) groups is 1. The highest BCUT2D eigenvalue weighted by Gasteiger charge is 2.51. The molecule has 0 bridgehead atoms. The zero-order valence-corrected chi connectivity index (χ0v) is 17.7. The molecular formula is C22H30N2O5. The lowest BCUT2D eigenvalue weighted by molar-refractivity contribution is -0.159. The molecule has 1 saturated heterocycles. The van der Waals surface area contributed by atoms with E-state index in [1.165, 1.54) is 5.06 Å². The summed E-state index contributed by atoms with van der Waals surface area (Å²) in [7, 11) is 0. The van der Waals surface area contributed by atoms with Crippen molar-refractivity contribution in [2.45, 2.75) is 64.6 Å². The molecule has 1 fully saturated rings. The maximum atomic E-state index is 13.0. The van der Waals surface area contributed by atoms with Gasteiger partial charge in [0.25, 0.3) is 0 Å². The summed E-state index contributed by atoms with van der Waals surface area (Å²) in [5.74, 6) is 0.545. The average molecular weight is 402 g/mol. The van der Waals surface area contributed by atoms with Gasteiger partial charge >= 0.3 is 6.09 Å². The van der Waals surface area contributed by atoms with Crippen molar-refractivity contribution in [1.29, 1.82) is 0 Å². The summed E-state index contributed by atoms with van der Waals surface area (Å²) < 4.78 is 17.2. The van der Waals surface area contributed by atoms with Gasteiger partial charge in [0.2, 0.25) is 0 Å². The van der Waals surface area contributed by atoms with Crippen LogP contribution in [0, 0.1) is 0 Å². The molecular weight excluding hydrogens is 372 g/mol. The van der Waals surface area contributed by atoms with E-state index in [-0.39, 0.29) is 13.2 Å². The predicted octanol–water partition coefficient (Wildman–Crippen LogP) is 4.58. The third kappa shape index (κ3) is 4.98. The molecule has 158 valence electrons. The Bertz CT molecular complexity index is 798. The molecule has 0 saturated carbocycles. The van der Waals surface area contributed by atoms with E-state index < -0.39 is 29.5 Å². The highest BCUT2D eigenvalue weighted by atomic mass is 16.6. The maximum Gasteiger partial charge on any atom is 0.412 e. The van der Waals surface area contributed by atoms with Crippen molar-refractivity contribution < 1.29 is 23.9 Å². The Labute approximate surface area is 171 Å². The van der Waals surface area contributed by atoms with Crippen LogP contribution in [0.25, 0.3) is 0 Å². The number of benzene rings is 1. The van der Waals surface area contributed by atoms with E-state index in [0.717, 1.165) is 5.56 Å². The minimum absolute atomic E-state index is 0.240. The molecule has 2 unspecified atom stereocenters. The third-order valence-corrected chi connectivity index (χ3v) is 4.82. The van der Waals surface area contributed by atoms with Crippen molar-refractivity contribution in [2.24, 2.45) is 0 Å². The summed E-state index contributed by atoms with van der Waals surface area (Å²) >= 11 is 0. The van der Waals surface area contributed by atoms with Crippen molar-refractivity contribution in [2.75, 3.05) is 6.61 Å². The van der Waals surface area contributed by atoms with Crippen LogP contribution in [0.3, 0.4) is 0 Å². The average Bonchev–Trinajstić information content (AvgIpc) is 3.23. The molecule has 1 aliphatic heterocycles. The first-order valence-corrected chi connectivity index (χ1v) is 9.77. The summed E-state index contributed by atoms with van der Waals surface area (Å²) in [6, 6.07) is 12.0. The summed E-state index contributed by atoms with van der Waals surface area (Å²) in [6.07, 6.45) is 1.06. The fraction of sp³-hybridized carbons (Fsp3) is 0.500. The fourth-order valence-electron chi connectivity index (χ4n) is 3.59. The lowest BCUT2D eigenvalue weighted by atomic mass is 10.0. The van der Waals surface area contributed by atoms with Crippen LogP contribution in [0.15, 0.2) is 53.1 Å². The lowest BCUT2D eigenvalue weighted by Gasteiger charge is -2.39. The first-order chi connectivity index (χ1) is 13.6. The Hall–Kier alpha value is -2.35. The molecule has 0 radical (unpaired) electrons. The van der Waals surface area contributed by atoms with Crippen LogP contribution in [-0.4, -0.2) is 45.2 Å². The minimum atomic E-state index is -0.884. The standard InChI is InChI=1S/C22H30N2O5/c1-21(2,3)29-20(25)24-17(15-28-22(24,4)5)19(18-12-9-13-27-18)23(26)14-16-10-7-6-8-11-16/h6-13,17,19,26H,14-15H2,1-5H3. The van der Waals surface area contributed by atoms with Gasteiger partial charge in [-0.2, -0.15) is 5.06 Å². The summed E-state index contributed by atoms with van der Waals surface area (Å²) in [5.41, 5.74) is -0.594. The van der Waals surface area contributed by atoms with Gasteiger partial charge in [-0.05, 0) is 52.3 Å². The summed E-state index contributed by atoms with van der Waals surface area (Å²) in [5, 5.41) is 12.2. The van der Waals surface area contributed by atoms with E-state index in [0.29, 0.717) is 5.76 Å². The van der Waals surface area contributed by atoms with Gasteiger partial charge in [0, 0.05) is 6.54 Å². The molecule has 3 rings (SSSR count). The lowest BCUT2D eigenvalue weighted by Crippen LogP contribution is -2.53. The SMILES string of the molecule is CC(C)(C)OC(=O)N1C(C(c2ccco2)N(O)Cc2ccccc2)COC1(C)C. The number of hydrogen-bond donors (Lipinski definition) is 1. The van der Waals surface area contributed by atoms with Crippen LogP contribution in [0.2, 0.25) is 0 Å². The van der Waals surface area contributed by atoms with Gasteiger partial charge < -0.3 is 19.1 Å². The van der Waals surface area contributed by atoms with Crippen molar-refractivity contribution in [3.8, 4) is 0 Å². The Balaban J connectivity index is 1.92. The number of hydroxylamine groups is 2. The normalized spacial score (nSPS) is 20.1. The van der Waals surface area contributed by atoms with E-state index in [4.69, 9.17) is 13.9 Å². The van der Waals surface area contributed by atoms with E-state index in [2.05, 4.69) is 0 Å². The van der Waals surface area contributed by atoms with E-state index >= 15 is 0 Å². The number of furan rings is 1. The monoisotopic (exact) mass is 402 g/mol. The molecule has 1 aromatic carbocycles. The van der Waals surface area contributed by atoms with Crippen LogP contribution < -0.4 is 0 Å². The Kier molecular flexibility index (Phi) is 6.03. The van der Waals surface area contributed by atoms with Crippen LogP contribution >= 0.6 is 0 Å². The Morgan fingerprint density at radius 1 is 1.28 bits per heavy atom. The van der Waals surface area contributed by atoms with Gasteiger partial charge in [0.1, 0.15) is 23.1 Å². The van der Waals surface area contributed by atoms with Crippen LogP contribution in [-0.2, 0) is 16.0 Å². The van der Waals surface area contributed by atoms with Crippen molar-refractivity contribution >= 4 is 6.09 Å². The van der Waals surface area contributed by atoms with Gasteiger partial charge in [-0.3, -0.25) is 4.90 Å². The molecule has 2 atom stereocenters. The Morgan fingerprint density at radius 3 is 2.55 bits per heavy atom. The number of hydrogen-bond acceptors (Lipinski definition) is 6. The minimum Gasteiger partial charge on any atom is -0.468 e. The number of carbonyl (C=O) groups excluding carboxylic acids is 1. The number of amides is 1. The third-order valence-electron chi connectivity index (χ3n) is 4.82. The highest BCUT2D eigenvalue weighted by molar-refractivity contribution is 5.70. The maximum absolute atomic E-state index is 13.0. The molecule has 0 spiro atoms. The summed E-state index contributed by atoms with van der Waals surface area (Å²) in [4.78, 5) is 14.6. The van der Waals surface area contributed by atoms with Crippen molar-refractivity contribution in [3.63, 3.8) is 0 Å². The summed E-state index contributed by atoms with van der Waals surface area (Å²) in [6.45, 7) is 9.60.